The zero-order chi connectivity index (χ0) is 15.0. The molecule has 2 aromatic rings. The number of benzene rings is 1. The van der Waals surface area contributed by atoms with E-state index in [0.29, 0.717) is 6.42 Å². The van der Waals surface area contributed by atoms with Crippen LogP contribution < -0.4 is 0 Å². The molecule has 1 saturated carbocycles. The molecule has 1 aromatic carbocycles. The molecule has 0 bridgehead atoms. The highest BCUT2D eigenvalue weighted by Crippen LogP contribution is 2.37. The summed E-state index contributed by atoms with van der Waals surface area (Å²) in [6.45, 7) is 4.58. The Morgan fingerprint density at radius 1 is 1.29 bits per heavy atom. The molecular formula is C18H26N2O. The van der Waals surface area contributed by atoms with Gasteiger partial charge in [-0.25, -0.2) is 4.98 Å². The van der Waals surface area contributed by atoms with Crippen molar-refractivity contribution in [2.75, 3.05) is 0 Å². The molecular weight excluding hydrogens is 260 g/mol. The maximum absolute atomic E-state index is 10.9. The van der Waals surface area contributed by atoms with E-state index in [9.17, 15) is 5.11 Å². The van der Waals surface area contributed by atoms with Gasteiger partial charge in [-0.2, -0.15) is 0 Å². The molecule has 0 radical (unpaired) electrons. The molecule has 0 unspecified atom stereocenters. The SMILES string of the molecule is CC(C)C1CCC(O)(Cc2nc3ccccc3n2C)CC1. The molecule has 1 heterocycles. The largest absolute Gasteiger partial charge is 0.389 e. The second-order valence-electron chi connectivity index (χ2n) is 7.06. The molecule has 0 amide bonds. The third-order valence-electron chi connectivity index (χ3n) is 5.27. The standard InChI is InChI=1S/C18H26N2O/c1-13(2)14-8-10-18(21,11-9-14)12-17-19-15-6-4-5-7-16(15)20(17)3/h4-7,13-14,21H,8-12H2,1-3H3. The zero-order valence-electron chi connectivity index (χ0n) is 13.3. The summed E-state index contributed by atoms with van der Waals surface area (Å²) in [5, 5.41) is 10.9. The van der Waals surface area contributed by atoms with Gasteiger partial charge in [-0.1, -0.05) is 26.0 Å². The molecule has 0 spiro atoms. The highest BCUT2D eigenvalue weighted by Gasteiger charge is 2.35. The lowest BCUT2D eigenvalue weighted by molar-refractivity contribution is -0.0165. The first-order chi connectivity index (χ1) is 9.98. The van der Waals surface area contributed by atoms with Gasteiger partial charge in [0.1, 0.15) is 5.82 Å². The van der Waals surface area contributed by atoms with Crippen molar-refractivity contribution < 1.29 is 5.11 Å². The molecule has 0 aliphatic heterocycles. The second kappa shape index (κ2) is 5.45. The lowest BCUT2D eigenvalue weighted by Gasteiger charge is -2.37. The summed E-state index contributed by atoms with van der Waals surface area (Å²) in [4.78, 5) is 4.71. The first-order valence-corrected chi connectivity index (χ1v) is 8.11. The van der Waals surface area contributed by atoms with Crippen LogP contribution in [-0.2, 0) is 13.5 Å². The van der Waals surface area contributed by atoms with Crippen molar-refractivity contribution >= 4 is 11.0 Å². The van der Waals surface area contributed by atoms with Gasteiger partial charge in [0.15, 0.2) is 0 Å². The van der Waals surface area contributed by atoms with Crippen molar-refractivity contribution in [2.45, 2.75) is 51.6 Å². The Labute approximate surface area is 127 Å². The number of aromatic nitrogens is 2. The van der Waals surface area contributed by atoms with Gasteiger partial charge in [0.2, 0.25) is 0 Å². The van der Waals surface area contributed by atoms with E-state index in [2.05, 4.69) is 24.5 Å². The Bertz CT molecular complexity index is 621. The number of aryl methyl sites for hydroxylation is 1. The number of rotatable bonds is 3. The summed E-state index contributed by atoms with van der Waals surface area (Å²) in [6, 6.07) is 8.18. The lowest BCUT2D eigenvalue weighted by atomic mass is 9.73. The molecule has 114 valence electrons. The monoisotopic (exact) mass is 286 g/mol. The Morgan fingerprint density at radius 3 is 2.57 bits per heavy atom. The number of fused-ring (bicyclic) bond motifs is 1. The van der Waals surface area contributed by atoms with Crippen molar-refractivity contribution in [3.63, 3.8) is 0 Å². The van der Waals surface area contributed by atoms with Gasteiger partial charge >= 0.3 is 0 Å². The number of nitrogens with zero attached hydrogens (tertiary/aromatic N) is 2. The fourth-order valence-corrected chi connectivity index (χ4v) is 3.67. The summed E-state index contributed by atoms with van der Waals surface area (Å²) in [7, 11) is 2.05. The highest BCUT2D eigenvalue weighted by atomic mass is 16.3. The Kier molecular flexibility index (Phi) is 3.78. The Hall–Kier alpha value is -1.35. The Morgan fingerprint density at radius 2 is 1.95 bits per heavy atom. The van der Waals surface area contributed by atoms with Crippen LogP contribution in [0.1, 0.15) is 45.4 Å². The van der Waals surface area contributed by atoms with Crippen LogP contribution in [-0.4, -0.2) is 20.3 Å². The number of imidazole rings is 1. The fourth-order valence-electron chi connectivity index (χ4n) is 3.67. The van der Waals surface area contributed by atoms with E-state index in [1.54, 1.807) is 0 Å². The maximum atomic E-state index is 10.9. The van der Waals surface area contributed by atoms with Crippen LogP contribution in [0.5, 0.6) is 0 Å². The lowest BCUT2D eigenvalue weighted by Crippen LogP contribution is -2.38. The van der Waals surface area contributed by atoms with Crippen LogP contribution in [0.3, 0.4) is 0 Å². The minimum Gasteiger partial charge on any atom is -0.389 e. The predicted molar refractivity (Wildman–Crippen MR) is 86.2 cm³/mol. The van der Waals surface area contributed by atoms with E-state index < -0.39 is 5.60 Å². The molecule has 0 saturated heterocycles. The van der Waals surface area contributed by atoms with Crippen LogP contribution in [0.4, 0.5) is 0 Å². The zero-order valence-corrected chi connectivity index (χ0v) is 13.3. The van der Waals surface area contributed by atoms with Crippen LogP contribution in [0.25, 0.3) is 11.0 Å². The van der Waals surface area contributed by atoms with Gasteiger partial charge < -0.3 is 9.67 Å². The average molecular weight is 286 g/mol. The van der Waals surface area contributed by atoms with Gasteiger partial charge in [0.25, 0.3) is 0 Å². The van der Waals surface area contributed by atoms with Crippen molar-refractivity contribution in [2.24, 2.45) is 18.9 Å². The van der Waals surface area contributed by atoms with E-state index in [4.69, 9.17) is 4.98 Å². The molecule has 3 heteroatoms. The molecule has 1 fully saturated rings. The van der Waals surface area contributed by atoms with Gasteiger partial charge in [0, 0.05) is 13.5 Å². The summed E-state index contributed by atoms with van der Waals surface area (Å²) >= 11 is 0. The number of hydrogen-bond acceptors (Lipinski definition) is 2. The summed E-state index contributed by atoms with van der Waals surface area (Å²) in [5.41, 5.74) is 1.60. The van der Waals surface area contributed by atoms with Crippen LogP contribution >= 0.6 is 0 Å². The van der Waals surface area contributed by atoms with Crippen molar-refractivity contribution in [3.05, 3.63) is 30.1 Å². The first-order valence-electron chi connectivity index (χ1n) is 8.11. The van der Waals surface area contributed by atoms with Gasteiger partial charge in [0.05, 0.1) is 16.6 Å². The Balaban J connectivity index is 1.77. The normalized spacial score (nSPS) is 26.6. The van der Waals surface area contributed by atoms with Crippen molar-refractivity contribution in [1.82, 2.24) is 9.55 Å². The molecule has 1 aliphatic carbocycles. The molecule has 1 N–H and O–H groups in total. The van der Waals surface area contributed by atoms with Crippen LogP contribution in [0.2, 0.25) is 0 Å². The number of aliphatic hydroxyl groups is 1. The third-order valence-corrected chi connectivity index (χ3v) is 5.27. The van der Waals surface area contributed by atoms with E-state index in [-0.39, 0.29) is 0 Å². The van der Waals surface area contributed by atoms with E-state index in [1.807, 2.05) is 25.2 Å². The predicted octanol–water partition coefficient (Wildman–Crippen LogP) is 3.69. The number of para-hydroxylation sites is 2. The molecule has 1 aliphatic rings. The number of hydrogen-bond donors (Lipinski definition) is 1. The topological polar surface area (TPSA) is 38.1 Å². The highest BCUT2D eigenvalue weighted by molar-refractivity contribution is 5.75. The average Bonchev–Trinajstić information content (AvgIpc) is 2.76. The van der Waals surface area contributed by atoms with Gasteiger partial charge in [-0.05, 0) is 49.7 Å². The maximum Gasteiger partial charge on any atom is 0.112 e. The summed E-state index contributed by atoms with van der Waals surface area (Å²) in [5.74, 6) is 2.50. The van der Waals surface area contributed by atoms with Gasteiger partial charge in [-0.15, -0.1) is 0 Å². The molecule has 21 heavy (non-hydrogen) atoms. The minimum atomic E-state index is -0.569. The molecule has 3 rings (SSSR count). The fraction of sp³-hybridized carbons (Fsp3) is 0.611. The minimum absolute atomic E-state index is 0.569. The van der Waals surface area contributed by atoms with Crippen LogP contribution in [0.15, 0.2) is 24.3 Å². The van der Waals surface area contributed by atoms with Gasteiger partial charge in [-0.3, -0.25) is 0 Å². The summed E-state index contributed by atoms with van der Waals surface area (Å²) in [6.07, 6.45) is 4.75. The molecule has 1 aromatic heterocycles. The summed E-state index contributed by atoms with van der Waals surface area (Å²) < 4.78 is 2.13. The molecule has 0 atom stereocenters. The van der Waals surface area contributed by atoms with E-state index in [1.165, 1.54) is 0 Å². The van der Waals surface area contributed by atoms with Crippen LogP contribution in [0, 0.1) is 11.8 Å². The van der Waals surface area contributed by atoms with Crippen molar-refractivity contribution in [1.29, 1.82) is 0 Å². The van der Waals surface area contributed by atoms with E-state index in [0.717, 1.165) is 54.4 Å². The van der Waals surface area contributed by atoms with Crippen molar-refractivity contribution in [3.8, 4) is 0 Å². The molecule has 3 nitrogen and oxygen atoms in total. The smallest absolute Gasteiger partial charge is 0.112 e. The quantitative estimate of drug-likeness (QED) is 0.934. The van der Waals surface area contributed by atoms with E-state index >= 15 is 0 Å². The second-order valence-corrected chi connectivity index (χ2v) is 7.06. The third kappa shape index (κ3) is 2.84. The first kappa shape index (κ1) is 14.6.